The molecule has 0 bridgehead atoms. The Morgan fingerprint density at radius 3 is 2.14 bits per heavy atom. The van der Waals surface area contributed by atoms with Gasteiger partial charge in [0.1, 0.15) is 0 Å². The molecule has 1 atom stereocenters. The molecule has 0 aromatic carbocycles. The summed E-state index contributed by atoms with van der Waals surface area (Å²) in [6.45, 7) is 4.21. The van der Waals surface area contributed by atoms with Crippen LogP contribution in [0.15, 0.2) is 0 Å². The van der Waals surface area contributed by atoms with Gasteiger partial charge in [0.05, 0.1) is 5.92 Å². The van der Waals surface area contributed by atoms with Gasteiger partial charge in [-0.1, -0.05) is 46.0 Å². The molecule has 1 N–H and O–H groups in total. The van der Waals surface area contributed by atoms with Crippen molar-refractivity contribution < 1.29 is 9.90 Å². The van der Waals surface area contributed by atoms with Gasteiger partial charge < -0.3 is 5.11 Å². The van der Waals surface area contributed by atoms with Gasteiger partial charge in [-0.15, -0.1) is 0 Å². The molecule has 0 aromatic rings. The zero-order chi connectivity index (χ0) is 10.1. The van der Waals surface area contributed by atoms with E-state index in [1.807, 2.05) is 6.92 Å². The van der Waals surface area contributed by atoms with Gasteiger partial charge in [-0.3, -0.25) is 4.79 Å². The zero-order valence-electron chi connectivity index (χ0n) is 9.88. The van der Waals surface area contributed by atoms with E-state index in [1.165, 1.54) is 19.3 Å². The summed E-state index contributed by atoms with van der Waals surface area (Å²) in [5.74, 6) is -0.708. The maximum atomic E-state index is 10.8. The number of carboxylic acid groups (broad SMARTS) is 1. The van der Waals surface area contributed by atoms with Gasteiger partial charge in [0, 0.05) is 29.6 Å². The average Bonchev–Trinajstić information content (AvgIpc) is 2.10. The fourth-order valence-electron chi connectivity index (χ4n) is 1.56. The number of hydrogen-bond donors (Lipinski definition) is 1. The molecule has 3 heteroatoms. The summed E-state index contributed by atoms with van der Waals surface area (Å²) in [5.41, 5.74) is 0. The number of carboxylic acids is 1. The largest absolute Gasteiger partial charge is 0.481 e. The number of rotatable bonds is 8. The fourth-order valence-corrected chi connectivity index (χ4v) is 1.56. The Morgan fingerprint density at radius 2 is 1.71 bits per heavy atom. The summed E-state index contributed by atoms with van der Waals surface area (Å²) in [7, 11) is 0. The number of unbranched alkanes of at least 4 members (excludes halogenated alkanes) is 3. The molecule has 0 fully saturated rings. The number of aliphatic carboxylic acids is 1. The third-order valence-electron chi connectivity index (χ3n) is 2.39. The monoisotopic (exact) mass is 209 g/mol. The maximum absolute atomic E-state index is 10.8. The van der Waals surface area contributed by atoms with E-state index in [0.717, 1.165) is 25.7 Å². The van der Waals surface area contributed by atoms with Gasteiger partial charge in [-0.05, 0) is 12.8 Å². The molecule has 0 aliphatic heterocycles. The molecule has 0 aliphatic rings. The molecule has 0 aliphatic carbocycles. The van der Waals surface area contributed by atoms with Crippen LogP contribution in [0.4, 0.5) is 0 Å². The Morgan fingerprint density at radius 1 is 1.07 bits per heavy atom. The van der Waals surface area contributed by atoms with Crippen molar-refractivity contribution in [2.75, 3.05) is 0 Å². The third kappa shape index (κ3) is 9.04. The molecular formula is C11H22NaO2. The first-order valence-electron chi connectivity index (χ1n) is 5.45. The summed E-state index contributed by atoms with van der Waals surface area (Å²) < 4.78 is 0. The fraction of sp³-hybridized carbons (Fsp3) is 0.909. The molecule has 0 aromatic heterocycles. The van der Waals surface area contributed by atoms with Crippen molar-refractivity contribution in [1.29, 1.82) is 0 Å². The predicted octanol–water partition coefficient (Wildman–Crippen LogP) is 3.08. The van der Waals surface area contributed by atoms with Crippen LogP contribution >= 0.6 is 0 Å². The van der Waals surface area contributed by atoms with E-state index in [0.29, 0.717) is 0 Å². The van der Waals surface area contributed by atoms with Crippen LogP contribution in [0.25, 0.3) is 0 Å². The van der Waals surface area contributed by atoms with Gasteiger partial charge in [0.15, 0.2) is 0 Å². The first kappa shape index (κ1) is 16.9. The van der Waals surface area contributed by atoms with Crippen molar-refractivity contribution in [3.8, 4) is 0 Å². The minimum Gasteiger partial charge on any atom is -0.481 e. The molecule has 0 heterocycles. The van der Waals surface area contributed by atoms with Gasteiger partial charge >= 0.3 is 5.97 Å². The van der Waals surface area contributed by atoms with Crippen LogP contribution in [-0.4, -0.2) is 40.6 Å². The molecule has 79 valence electrons. The van der Waals surface area contributed by atoms with E-state index in [2.05, 4.69) is 6.92 Å². The Hall–Kier alpha value is 0.470. The standard InChI is InChI=1S/C11H22O2.Na/c1-3-5-6-7-9-10(8-4-2)11(12)13;/h10H,3-9H2,1-2H3,(H,12,13);/t10-;/m1./s1. The molecule has 14 heavy (non-hydrogen) atoms. The van der Waals surface area contributed by atoms with E-state index >= 15 is 0 Å². The summed E-state index contributed by atoms with van der Waals surface area (Å²) in [5, 5.41) is 8.86. The van der Waals surface area contributed by atoms with Crippen LogP contribution in [0, 0.1) is 5.92 Å². The van der Waals surface area contributed by atoms with Crippen LogP contribution in [0.3, 0.4) is 0 Å². The van der Waals surface area contributed by atoms with Crippen molar-refractivity contribution >= 4 is 35.5 Å². The normalized spacial score (nSPS) is 11.9. The van der Waals surface area contributed by atoms with Crippen LogP contribution in [0.1, 0.15) is 58.8 Å². The molecular weight excluding hydrogens is 187 g/mol. The first-order chi connectivity index (χ1) is 6.22. The van der Waals surface area contributed by atoms with E-state index in [9.17, 15) is 4.79 Å². The van der Waals surface area contributed by atoms with Crippen molar-refractivity contribution in [3.63, 3.8) is 0 Å². The first-order valence-corrected chi connectivity index (χ1v) is 5.45. The van der Waals surface area contributed by atoms with Gasteiger partial charge in [0.2, 0.25) is 0 Å². The summed E-state index contributed by atoms with van der Waals surface area (Å²) in [4.78, 5) is 10.8. The van der Waals surface area contributed by atoms with Crippen molar-refractivity contribution in [3.05, 3.63) is 0 Å². The van der Waals surface area contributed by atoms with E-state index in [1.54, 1.807) is 0 Å². The van der Waals surface area contributed by atoms with E-state index in [4.69, 9.17) is 5.11 Å². The second kappa shape index (κ2) is 11.5. The summed E-state index contributed by atoms with van der Waals surface area (Å²) in [6, 6.07) is 0. The maximum Gasteiger partial charge on any atom is 0.306 e. The molecule has 0 spiro atoms. The second-order valence-corrected chi connectivity index (χ2v) is 3.67. The topological polar surface area (TPSA) is 37.3 Å². The van der Waals surface area contributed by atoms with Crippen LogP contribution in [0.2, 0.25) is 0 Å². The van der Waals surface area contributed by atoms with Crippen LogP contribution < -0.4 is 0 Å². The van der Waals surface area contributed by atoms with E-state index < -0.39 is 5.97 Å². The van der Waals surface area contributed by atoms with Gasteiger partial charge in [0.25, 0.3) is 0 Å². The Labute approximate surface area is 110 Å². The molecule has 0 saturated carbocycles. The smallest absolute Gasteiger partial charge is 0.306 e. The zero-order valence-corrected chi connectivity index (χ0v) is 11.9. The molecule has 2 nitrogen and oxygen atoms in total. The van der Waals surface area contributed by atoms with Crippen LogP contribution in [0.5, 0.6) is 0 Å². The average molecular weight is 209 g/mol. The molecule has 1 radical (unpaired) electrons. The molecule has 0 rings (SSSR count). The van der Waals surface area contributed by atoms with Crippen molar-refractivity contribution in [2.45, 2.75) is 58.8 Å². The second-order valence-electron chi connectivity index (χ2n) is 3.67. The minimum atomic E-state index is -0.613. The minimum absolute atomic E-state index is 0. The van der Waals surface area contributed by atoms with Crippen molar-refractivity contribution in [1.82, 2.24) is 0 Å². The summed E-state index contributed by atoms with van der Waals surface area (Å²) in [6.07, 6.45) is 7.38. The van der Waals surface area contributed by atoms with Crippen LogP contribution in [-0.2, 0) is 4.79 Å². The molecule has 0 unspecified atom stereocenters. The number of hydrogen-bond acceptors (Lipinski definition) is 1. The number of carbonyl (C=O) groups is 1. The van der Waals surface area contributed by atoms with Gasteiger partial charge in [-0.25, -0.2) is 0 Å². The molecule has 0 saturated heterocycles. The van der Waals surface area contributed by atoms with E-state index in [-0.39, 0.29) is 35.5 Å². The summed E-state index contributed by atoms with van der Waals surface area (Å²) >= 11 is 0. The Bertz CT molecular complexity index is 137. The Balaban J connectivity index is 0. The SMILES string of the molecule is CCCCCC[C@@H](CCC)C(=O)O.[Na]. The van der Waals surface area contributed by atoms with Gasteiger partial charge in [-0.2, -0.15) is 0 Å². The molecule has 0 amide bonds. The quantitative estimate of drug-likeness (QED) is 0.492. The predicted molar refractivity (Wildman–Crippen MR) is 60.5 cm³/mol. The van der Waals surface area contributed by atoms with Crippen molar-refractivity contribution in [2.24, 2.45) is 5.92 Å². The third-order valence-corrected chi connectivity index (χ3v) is 2.39. The Kier molecular flexibility index (Phi) is 13.9.